The van der Waals surface area contributed by atoms with Gasteiger partial charge in [0.2, 0.25) is 0 Å². The Morgan fingerprint density at radius 2 is 1.65 bits per heavy atom. The third-order valence-electron chi connectivity index (χ3n) is 4.45. The van der Waals surface area contributed by atoms with Gasteiger partial charge >= 0.3 is 12.1 Å². The van der Waals surface area contributed by atoms with E-state index in [1.165, 1.54) is 30.0 Å². The number of carbonyl (C=O) groups excluding carboxylic acids is 2. The van der Waals surface area contributed by atoms with Gasteiger partial charge in [-0.05, 0) is 28.5 Å². The standard InChI is InChI=1S/C20H21NO4S/c1-24-19(22)18(12-26-2)21-20(23)25-11-17-15-9-5-3-7-13(15)14-8-4-6-10-16(14)17/h3-10,17-18H,11-12H2,1-2H3,(H,21,23)/t18-/m0/s1. The van der Waals surface area contributed by atoms with Crippen molar-refractivity contribution in [3.05, 3.63) is 59.7 Å². The van der Waals surface area contributed by atoms with Gasteiger partial charge in [0.15, 0.2) is 0 Å². The van der Waals surface area contributed by atoms with E-state index in [0.717, 1.165) is 11.1 Å². The molecule has 136 valence electrons. The summed E-state index contributed by atoms with van der Waals surface area (Å²) < 4.78 is 10.2. The van der Waals surface area contributed by atoms with Crippen LogP contribution in [0.15, 0.2) is 48.5 Å². The van der Waals surface area contributed by atoms with E-state index in [-0.39, 0.29) is 12.5 Å². The van der Waals surface area contributed by atoms with Crippen molar-refractivity contribution in [2.24, 2.45) is 0 Å². The van der Waals surface area contributed by atoms with Crippen LogP contribution in [0.5, 0.6) is 0 Å². The van der Waals surface area contributed by atoms with E-state index in [9.17, 15) is 9.59 Å². The average Bonchev–Trinajstić information content (AvgIpc) is 2.99. The topological polar surface area (TPSA) is 64.6 Å². The van der Waals surface area contributed by atoms with Crippen LogP contribution in [-0.2, 0) is 14.3 Å². The highest BCUT2D eigenvalue weighted by Gasteiger charge is 2.29. The van der Waals surface area contributed by atoms with Crippen molar-refractivity contribution >= 4 is 23.8 Å². The molecule has 0 saturated heterocycles. The first kappa shape index (κ1) is 18.3. The average molecular weight is 371 g/mol. The Bertz CT molecular complexity index is 762. The summed E-state index contributed by atoms with van der Waals surface area (Å²) >= 11 is 1.45. The van der Waals surface area contributed by atoms with Gasteiger partial charge in [-0.1, -0.05) is 48.5 Å². The predicted octanol–water partition coefficient (Wildman–Crippen LogP) is 3.43. The number of methoxy groups -OCH3 is 1. The maximum absolute atomic E-state index is 12.2. The fourth-order valence-electron chi connectivity index (χ4n) is 3.26. The number of hydrogen-bond donors (Lipinski definition) is 1. The molecule has 0 fully saturated rings. The van der Waals surface area contributed by atoms with Crippen LogP contribution in [0.3, 0.4) is 0 Å². The maximum Gasteiger partial charge on any atom is 0.407 e. The minimum Gasteiger partial charge on any atom is -0.467 e. The summed E-state index contributed by atoms with van der Waals surface area (Å²) in [5, 5.41) is 2.58. The molecule has 0 saturated carbocycles. The van der Waals surface area contributed by atoms with Crippen LogP contribution in [0.25, 0.3) is 11.1 Å². The van der Waals surface area contributed by atoms with Gasteiger partial charge in [-0.2, -0.15) is 11.8 Å². The van der Waals surface area contributed by atoms with Crippen LogP contribution in [0.2, 0.25) is 0 Å². The molecule has 0 heterocycles. The zero-order valence-electron chi connectivity index (χ0n) is 14.7. The van der Waals surface area contributed by atoms with Crippen molar-refractivity contribution in [3.63, 3.8) is 0 Å². The number of hydrogen-bond acceptors (Lipinski definition) is 5. The van der Waals surface area contributed by atoms with Crippen molar-refractivity contribution in [1.82, 2.24) is 5.32 Å². The summed E-state index contributed by atoms with van der Waals surface area (Å²) in [4.78, 5) is 23.9. The van der Waals surface area contributed by atoms with E-state index in [0.29, 0.717) is 5.75 Å². The Hall–Kier alpha value is -2.47. The first-order valence-corrected chi connectivity index (χ1v) is 9.73. The molecular weight excluding hydrogens is 350 g/mol. The lowest BCUT2D eigenvalue weighted by atomic mass is 9.98. The number of fused-ring (bicyclic) bond motifs is 3. The number of thioether (sulfide) groups is 1. The lowest BCUT2D eigenvalue weighted by molar-refractivity contribution is -0.142. The monoisotopic (exact) mass is 371 g/mol. The molecule has 5 nitrogen and oxygen atoms in total. The van der Waals surface area contributed by atoms with Crippen molar-refractivity contribution in [1.29, 1.82) is 0 Å². The molecule has 0 unspecified atom stereocenters. The van der Waals surface area contributed by atoms with Gasteiger partial charge in [-0.15, -0.1) is 0 Å². The van der Waals surface area contributed by atoms with E-state index >= 15 is 0 Å². The minimum absolute atomic E-state index is 0.00900. The number of alkyl carbamates (subject to hydrolysis) is 1. The molecule has 1 aliphatic carbocycles. The lowest BCUT2D eigenvalue weighted by Gasteiger charge is -2.18. The summed E-state index contributed by atoms with van der Waals surface area (Å²) in [6.45, 7) is 0.215. The molecule has 0 radical (unpaired) electrons. The number of ether oxygens (including phenoxy) is 2. The van der Waals surface area contributed by atoms with E-state index in [4.69, 9.17) is 9.47 Å². The minimum atomic E-state index is -0.717. The van der Waals surface area contributed by atoms with Gasteiger partial charge in [0, 0.05) is 11.7 Å². The smallest absolute Gasteiger partial charge is 0.407 e. The maximum atomic E-state index is 12.2. The lowest BCUT2D eigenvalue weighted by Crippen LogP contribution is -2.43. The summed E-state index contributed by atoms with van der Waals surface area (Å²) in [6.07, 6.45) is 1.24. The highest BCUT2D eigenvalue weighted by atomic mass is 32.2. The van der Waals surface area contributed by atoms with Crippen molar-refractivity contribution in [2.45, 2.75) is 12.0 Å². The zero-order chi connectivity index (χ0) is 18.5. The van der Waals surface area contributed by atoms with Gasteiger partial charge in [0.1, 0.15) is 12.6 Å². The normalized spacial score (nSPS) is 13.5. The predicted molar refractivity (Wildman–Crippen MR) is 102 cm³/mol. The van der Waals surface area contributed by atoms with E-state index in [1.807, 2.05) is 30.5 Å². The molecule has 3 rings (SSSR count). The molecule has 6 heteroatoms. The van der Waals surface area contributed by atoms with Gasteiger partial charge in [0.25, 0.3) is 0 Å². The molecule has 0 bridgehead atoms. The first-order valence-electron chi connectivity index (χ1n) is 8.34. The van der Waals surface area contributed by atoms with Gasteiger partial charge in [-0.25, -0.2) is 9.59 Å². The number of benzene rings is 2. The Labute approximate surface area is 157 Å². The summed E-state index contributed by atoms with van der Waals surface area (Å²) in [6, 6.07) is 15.6. The van der Waals surface area contributed by atoms with Crippen LogP contribution in [0.4, 0.5) is 4.79 Å². The second-order valence-electron chi connectivity index (χ2n) is 6.00. The Balaban J connectivity index is 1.70. The Morgan fingerprint density at radius 3 is 2.19 bits per heavy atom. The molecule has 0 aromatic heterocycles. The van der Waals surface area contributed by atoms with Crippen LogP contribution in [0.1, 0.15) is 17.0 Å². The molecular formula is C20H21NO4S. The van der Waals surface area contributed by atoms with Crippen LogP contribution < -0.4 is 5.32 Å². The fourth-order valence-corrected chi connectivity index (χ4v) is 3.81. The molecule has 1 atom stereocenters. The second kappa shape index (κ2) is 8.27. The van der Waals surface area contributed by atoms with Gasteiger partial charge < -0.3 is 14.8 Å². The highest BCUT2D eigenvalue weighted by molar-refractivity contribution is 7.98. The quantitative estimate of drug-likeness (QED) is 0.788. The van der Waals surface area contributed by atoms with Gasteiger partial charge in [-0.3, -0.25) is 0 Å². The third kappa shape index (κ3) is 3.70. The summed E-state index contributed by atoms with van der Waals surface area (Å²) in [5.74, 6) is -0.0604. The number of rotatable bonds is 6. The third-order valence-corrected chi connectivity index (χ3v) is 5.12. The van der Waals surface area contributed by atoms with Crippen LogP contribution in [0, 0.1) is 0 Å². The van der Waals surface area contributed by atoms with E-state index in [2.05, 4.69) is 29.6 Å². The summed E-state index contributed by atoms with van der Waals surface area (Å²) in [5.41, 5.74) is 4.64. The largest absolute Gasteiger partial charge is 0.467 e. The van der Waals surface area contributed by atoms with Crippen LogP contribution in [-0.4, -0.2) is 43.8 Å². The molecule has 1 aliphatic rings. The highest BCUT2D eigenvalue weighted by Crippen LogP contribution is 2.44. The number of carbonyl (C=O) groups is 2. The van der Waals surface area contributed by atoms with E-state index < -0.39 is 18.1 Å². The molecule has 2 aromatic rings. The zero-order valence-corrected chi connectivity index (χ0v) is 15.5. The van der Waals surface area contributed by atoms with Crippen LogP contribution >= 0.6 is 11.8 Å². The van der Waals surface area contributed by atoms with Crippen molar-refractivity contribution < 1.29 is 19.1 Å². The molecule has 26 heavy (non-hydrogen) atoms. The molecule has 1 amide bonds. The SMILES string of the molecule is COC(=O)[C@H](CSC)NC(=O)OCC1c2ccccc2-c2ccccc21. The molecule has 2 aromatic carbocycles. The van der Waals surface area contributed by atoms with Crippen molar-refractivity contribution in [3.8, 4) is 11.1 Å². The molecule has 0 spiro atoms. The van der Waals surface area contributed by atoms with E-state index in [1.54, 1.807) is 0 Å². The molecule has 0 aliphatic heterocycles. The molecule has 1 N–H and O–H groups in total. The second-order valence-corrected chi connectivity index (χ2v) is 6.91. The number of esters is 1. The first-order chi connectivity index (χ1) is 12.7. The Morgan fingerprint density at radius 1 is 1.08 bits per heavy atom. The fraction of sp³-hybridized carbons (Fsp3) is 0.300. The Kier molecular flexibility index (Phi) is 5.83. The van der Waals surface area contributed by atoms with Crippen molar-refractivity contribution in [2.75, 3.05) is 25.7 Å². The van der Waals surface area contributed by atoms with Gasteiger partial charge in [0.05, 0.1) is 7.11 Å². The summed E-state index contributed by atoms with van der Waals surface area (Å²) in [7, 11) is 1.30. The number of amides is 1. The number of nitrogens with one attached hydrogen (secondary N) is 1.